The van der Waals surface area contributed by atoms with Gasteiger partial charge in [0.15, 0.2) is 5.89 Å². The molecule has 52 valence electrons. The van der Waals surface area contributed by atoms with Gasteiger partial charge in [0.05, 0.1) is 0 Å². The number of aromatic nitrogens is 1. The van der Waals surface area contributed by atoms with Crippen LogP contribution in [-0.4, -0.2) is 4.98 Å². The number of nitrogen functional groups attached to an aromatic ring is 1. The van der Waals surface area contributed by atoms with Gasteiger partial charge in [0.25, 0.3) is 0 Å². The van der Waals surface area contributed by atoms with E-state index >= 15 is 0 Å². The molecule has 1 heterocycles. The zero-order valence-corrected chi connectivity index (χ0v) is 5.38. The highest BCUT2D eigenvalue weighted by atomic mass is 16.4. The van der Waals surface area contributed by atoms with Gasteiger partial charge in [-0.05, 0) is 0 Å². The summed E-state index contributed by atoms with van der Waals surface area (Å²) in [7, 11) is 0. The molecular formula is C5H6N4O. The second-order valence-electron chi connectivity index (χ2n) is 1.67. The standard InChI is InChI=1S/C5H6N4O/c1-3-8-4(2-6)5(9-7)10-3/h9H,7H2,1H3. The van der Waals surface area contributed by atoms with Gasteiger partial charge in [-0.1, -0.05) is 0 Å². The molecule has 0 aliphatic rings. The number of nitrogens with one attached hydrogen (secondary N) is 1. The van der Waals surface area contributed by atoms with Crippen molar-refractivity contribution in [3.8, 4) is 6.07 Å². The van der Waals surface area contributed by atoms with Crippen molar-refractivity contribution in [1.29, 1.82) is 5.26 Å². The Morgan fingerprint density at radius 1 is 1.80 bits per heavy atom. The van der Waals surface area contributed by atoms with E-state index in [1.165, 1.54) is 0 Å². The molecule has 0 unspecified atom stereocenters. The quantitative estimate of drug-likeness (QED) is 0.425. The van der Waals surface area contributed by atoms with Crippen molar-refractivity contribution in [3.63, 3.8) is 0 Å². The van der Waals surface area contributed by atoms with Gasteiger partial charge in [0.1, 0.15) is 6.07 Å². The number of rotatable bonds is 1. The Kier molecular flexibility index (Phi) is 1.56. The topological polar surface area (TPSA) is 87.9 Å². The summed E-state index contributed by atoms with van der Waals surface area (Å²) in [6.07, 6.45) is 0. The minimum Gasteiger partial charge on any atom is -0.423 e. The molecule has 0 aliphatic heterocycles. The third kappa shape index (κ3) is 0.921. The van der Waals surface area contributed by atoms with Gasteiger partial charge in [-0.3, -0.25) is 5.43 Å². The molecule has 0 saturated heterocycles. The fourth-order valence-electron chi connectivity index (χ4n) is 0.601. The molecular weight excluding hydrogens is 132 g/mol. The van der Waals surface area contributed by atoms with Crippen molar-refractivity contribution >= 4 is 5.88 Å². The van der Waals surface area contributed by atoms with Crippen LogP contribution in [0.15, 0.2) is 4.42 Å². The average Bonchev–Trinajstić information content (AvgIpc) is 2.30. The van der Waals surface area contributed by atoms with Gasteiger partial charge in [-0.15, -0.1) is 0 Å². The third-order valence-corrected chi connectivity index (χ3v) is 0.971. The largest absolute Gasteiger partial charge is 0.423 e. The molecule has 0 aliphatic carbocycles. The highest BCUT2D eigenvalue weighted by Crippen LogP contribution is 2.13. The first-order valence-electron chi connectivity index (χ1n) is 2.62. The van der Waals surface area contributed by atoms with Crippen LogP contribution in [0.4, 0.5) is 5.88 Å². The van der Waals surface area contributed by atoms with Gasteiger partial charge < -0.3 is 4.42 Å². The lowest BCUT2D eigenvalue weighted by Crippen LogP contribution is -2.06. The molecule has 5 nitrogen and oxygen atoms in total. The molecule has 10 heavy (non-hydrogen) atoms. The minimum atomic E-state index is 0.181. The second kappa shape index (κ2) is 2.37. The Morgan fingerprint density at radius 3 is 2.90 bits per heavy atom. The van der Waals surface area contributed by atoms with Gasteiger partial charge in [-0.25, -0.2) is 10.8 Å². The third-order valence-electron chi connectivity index (χ3n) is 0.971. The summed E-state index contributed by atoms with van der Waals surface area (Å²) >= 11 is 0. The fraction of sp³-hybridized carbons (Fsp3) is 0.200. The highest BCUT2D eigenvalue weighted by Gasteiger charge is 2.06. The van der Waals surface area contributed by atoms with Crippen molar-refractivity contribution in [1.82, 2.24) is 4.98 Å². The number of aryl methyl sites for hydroxylation is 1. The molecule has 1 rings (SSSR count). The van der Waals surface area contributed by atoms with Crippen molar-refractivity contribution in [2.24, 2.45) is 5.84 Å². The maximum Gasteiger partial charge on any atom is 0.246 e. The summed E-state index contributed by atoms with van der Waals surface area (Å²) in [5, 5.41) is 8.39. The number of hydrogen-bond acceptors (Lipinski definition) is 5. The molecule has 3 N–H and O–H groups in total. The molecule has 0 radical (unpaired) electrons. The van der Waals surface area contributed by atoms with E-state index in [0.29, 0.717) is 5.89 Å². The van der Waals surface area contributed by atoms with Crippen molar-refractivity contribution in [3.05, 3.63) is 11.6 Å². The van der Waals surface area contributed by atoms with Crippen LogP contribution >= 0.6 is 0 Å². The summed E-state index contributed by atoms with van der Waals surface area (Å²) in [5.41, 5.74) is 2.40. The molecule has 0 spiro atoms. The average molecular weight is 138 g/mol. The monoisotopic (exact) mass is 138 g/mol. The number of hydrazine groups is 1. The predicted octanol–water partition coefficient (Wildman–Crippen LogP) is 0.140. The minimum absolute atomic E-state index is 0.181. The van der Waals surface area contributed by atoms with Gasteiger partial charge in [-0.2, -0.15) is 5.26 Å². The van der Waals surface area contributed by atoms with E-state index in [1.54, 1.807) is 6.92 Å². The Hall–Kier alpha value is -1.54. The number of anilines is 1. The lowest BCUT2D eigenvalue weighted by Gasteiger charge is -1.88. The van der Waals surface area contributed by atoms with Crippen molar-refractivity contribution < 1.29 is 4.42 Å². The molecule has 0 atom stereocenters. The van der Waals surface area contributed by atoms with E-state index in [9.17, 15) is 0 Å². The Morgan fingerprint density at radius 2 is 2.50 bits per heavy atom. The Labute approximate surface area is 57.4 Å². The number of nitrogens with zero attached hydrogens (tertiary/aromatic N) is 2. The normalized spacial score (nSPS) is 8.90. The first-order valence-corrected chi connectivity index (χ1v) is 2.62. The van der Waals surface area contributed by atoms with Crippen molar-refractivity contribution in [2.45, 2.75) is 6.92 Å². The van der Waals surface area contributed by atoms with Crippen LogP contribution in [0.5, 0.6) is 0 Å². The number of nitrogens with two attached hydrogens (primary N) is 1. The van der Waals surface area contributed by atoms with Crippen LogP contribution in [0.2, 0.25) is 0 Å². The van der Waals surface area contributed by atoms with Crippen LogP contribution in [-0.2, 0) is 0 Å². The van der Waals surface area contributed by atoms with Crippen LogP contribution < -0.4 is 11.3 Å². The number of oxazole rings is 1. The second-order valence-corrected chi connectivity index (χ2v) is 1.67. The Bertz CT molecular complexity index is 272. The highest BCUT2D eigenvalue weighted by molar-refractivity contribution is 5.43. The maximum absolute atomic E-state index is 8.39. The SMILES string of the molecule is Cc1nc(C#N)c(NN)o1. The maximum atomic E-state index is 8.39. The number of hydrogen-bond donors (Lipinski definition) is 2. The molecule has 0 bridgehead atoms. The molecule has 0 saturated carbocycles. The molecule has 0 aromatic carbocycles. The smallest absolute Gasteiger partial charge is 0.246 e. The van der Waals surface area contributed by atoms with E-state index in [0.717, 1.165) is 0 Å². The Balaban J connectivity index is 3.12. The van der Waals surface area contributed by atoms with Crippen molar-refractivity contribution in [2.75, 3.05) is 5.43 Å². The van der Waals surface area contributed by atoms with Crippen LogP contribution in [0.3, 0.4) is 0 Å². The summed E-state index contributed by atoms with van der Waals surface area (Å²) < 4.78 is 4.88. The first kappa shape index (κ1) is 6.58. The lowest BCUT2D eigenvalue weighted by atomic mass is 10.5. The zero-order valence-electron chi connectivity index (χ0n) is 5.38. The van der Waals surface area contributed by atoms with Gasteiger partial charge in [0, 0.05) is 6.92 Å². The molecule has 0 amide bonds. The molecule has 5 heteroatoms. The summed E-state index contributed by atoms with van der Waals surface area (Å²) in [4.78, 5) is 3.73. The first-order chi connectivity index (χ1) is 4.77. The van der Waals surface area contributed by atoms with E-state index in [1.807, 2.05) is 6.07 Å². The van der Waals surface area contributed by atoms with E-state index < -0.39 is 0 Å². The fourth-order valence-corrected chi connectivity index (χ4v) is 0.601. The van der Waals surface area contributed by atoms with Crippen LogP contribution in [0.25, 0.3) is 0 Å². The molecule has 1 aromatic heterocycles. The van der Waals surface area contributed by atoms with E-state index in [4.69, 9.17) is 15.5 Å². The predicted molar refractivity (Wildman–Crippen MR) is 33.8 cm³/mol. The summed E-state index contributed by atoms with van der Waals surface area (Å²) in [6.45, 7) is 1.64. The van der Waals surface area contributed by atoms with E-state index in [-0.39, 0.29) is 11.6 Å². The zero-order chi connectivity index (χ0) is 7.56. The number of nitriles is 1. The summed E-state index contributed by atoms with van der Waals surface area (Å²) in [6, 6.07) is 1.82. The molecule has 1 aromatic rings. The van der Waals surface area contributed by atoms with E-state index in [2.05, 4.69) is 10.4 Å². The summed E-state index contributed by atoms with van der Waals surface area (Å²) in [5.74, 6) is 5.63. The lowest BCUT2D eigenvalue weighted by molar-refractivity contribution is 0.533. The van der Waals surface area contributed by atoms with Gasteiger partial charge >= 0.3 is 0 Å². The molecule has 0 fully saturated rings. The van der Waals surface area contributed by atoms with Crippen LogP contribution in [0.1, 0.15) is 11.6 Å². The van der Waals surface area contributed by atoms with Crippen LogP contribution in [0, 0.1) is 18.3 Å². The van der Waals surface area contributed by atoms with Gasteiger partial charge in [0.2, 0.25) is 11.6 Å².